The quantitative estimate of drug-likeness (QED) is 0.518. The van der Waals surface area contributed by atoms with Crippen molar-refractivity contribution >= 4 is 23.3 Å². The van der Waals surface area contributed by atoms with Crippen LogP contribution in [0.2, 0.25) is 0 Å². The number of H-pyrrole nitrogens is 1. The Morgan fingerprint density at radius 2 is 2.15 bits per heavy atom. The van der Waals surface area contributed by atoms with Crippen molar-refractivity contribution in [1.82, 2.24) is 10.5 Å². The molecule has 0 amide bonds. The van der Waals surface area contributed by atoms with E-state index in [-0.39, 0.29) is 12.4 Å². The molecular formula is C15H24ClN3O. The maximum Gasteiger partial charge on any atom is 0.147 e. The number of hydrogen-bond donors (Lipinski definition) is 3. The van der Waals surface area contributed by atoms with Gasteiger partial charge in [0.05, 0.1) is 0 Å². The molecule has 1 aromatic carbocycles. The Morgan fingerprint density at radius 1 is 1.30 bits per heavy atom. The van der Waals surface area contributed by atoms with Gasteiger partial charge < -0.3 is 15.6 Å². The number of nitrogens with one attached hydrogen (secondary N) is 2. The van der Waals surface area contributed by atoms with Crippen molar-refractivity contribution in [2.45, 2.75) is 32.6 Å². The summed E-state index contributed by atoms with van der Waals surface area (Å²) in [6, 6.07) is 6.07. The molecule has 4 nitrogen and oxygen atoms in total. The van der Waals surface area contributed by atoms with Crippen molar-refractivity contribution in [3.05, 3.63) is 30.0 Å². The molecule has 0 saturated carbocycles. The highest BCUT2D eigenvalue weighted by atomic mass is 35.5. The lowest BCUT2D eigenvalue weighted by Gasteiger charge is -2.07. The van der Waals surface area contributed by atoms with E-state index in [2.05, 4.69) is 23.5 Å². The maximum atomic E-state index is 5.62. The Labute approximate surface area is 126 Å². The van der Waals surface area contributed by atoms with Crippen LogP contribution in [0, 0.1) is 0 Å². The summed E-state index contributed by atoms with van der Waals surface area (Å²) in [6.45, 7) is 3.74. The topological polar surface area (TPSA) is 63.1 Å². The standard InChI is InChI=1S/C15H23N3O.ClH/c1-2-3-4-9-18-19-13-5-6-15-14(10-13)12(7-8-16)11-17-15;/h5-6,10-11,17-18H,2-4,7-9,16H2,1H3;1H. The van der Waals surface area contributed by atoms with Crippen LogP contribution in [-0.4, -0.2) is 18.1 Å². The zero-order chi connectivity index (χ0) is 13.5. The summed E-state index contributed by atoms with van der Waals surface area (Å²) >= 11 is 0. The molecule has 20 heavy (non-hydrogen) atoms. The molecule has 0 aliphatic carbocycles. The number of aromatic amines is 1. The van der Waals surface area contributed by atoms with Crippen molar-refractivity contribution in [1.29, 1.82) is 0 Å². The molecule has 0 radical (unpaired) electrons. The van der Waals surface area contributed by atoms with E-state index in [4.69, 9.17) is 10.6 Å². The van der Waals surface area contributed by atoms with E-state index in [1.807, 2.05) is 18.3 Å². The summed E-state index contributed by atoms with van der Waals surface area (Å²) in [6.07, 6.45) is 6.50. The summed E-state index contributed by atoms with van der Waals surface area (Å²) in [5.41, 5.74) is 11.0. The van der Waals surface area contributed by atoms with Gasteiger partial charge in [-0.25, -0.2) is 0 Å². The number of nitrogens with two attached hydrogens (primary N) is 1. The number of hydrogen-bond acceptors (Lipinski definition) is 3. The zero-order valence-corrected chi connectivity index (χ0v) is 12.8. The third-order valence-corrected chi connectivity index (χ3v) is 3.22. The molecule has 5 heteroatoms. The van der Waals surface area contributed by atoms with Crippen molar-refractivity contribution in [3.63, 3.8) is 0 Å². The van der Waals surface area contributed by atoms with Crippen LogP contribution in [-0.2, 0) is 6.42 Å². The monoisotopic (exact) mass is 297 g/mol. The fourth-order valence-electron chi connectivity index (χ4n) is 2.16. The van der Waals surface area contributed by atoms with Gasteiger partial charge in [0.25, 0.3) is 0 Å². The minimum atomic E-state index is 0. The number of benzene rings is 1. The van der Waals surface area contributed by atoms with Gasteiger partial charge in [0, 0.05) is 23.6 Å². The molecular weight excluding hydrogens is 274 g/mol. The van der Waals surface area contributed by atoms with E-state index in [0.717, 1.165) is 30.7 Å². The Kier molecular flexibility index (Phi) is 7.44. The zero-order valence-electron chi connectivity index (χ0n) is 11.9. The summed E-state index contributed by atoms with van der Waals surface area (Å²) < 4.78 is 0. The van der Waals surface area contributed by atoms with Gasteiger partial charge in [0.2, 0.25) is 0 Å². The molecule has 2 aromatic rings. The molecule has 1 heterocycles. The normalized spacial score (nSPS) is 10.5. The molecule has 0 saturated heterocycles. The van der Waals surface area contributed by atoms with Crippen LogP contribution in [0.1, 0.15) is 31.7 Å². The van der Waals surface area contributed by atoms with Crippen LogP contribution in [0.25, 0.3) is 10.9 Å². The summed E-state index contributed by atoms with van der Waals surface area (Å²) in [4.78, 5) is 8.82. The average molecular weight is 298 g/mol. The first-order valence-electron chi connectivity index (χ1n) is 7.05. The number of aromatic nitrogens is 1. The molecule has 0 aliphatic heterocycles. The predicted molar refractivity (Wildman–Crippen MR) is 86.5 cm³/mol. The van der Waals surface area contributed by atoms with Crippen molar-refractivity contribution in [2.75, 3.05) is 13.1 Å². The first-order chi connectivity index (χ1) is 9.35. The number of rotatable bonds is 8. The van der Waals surface area contributed by atoms with Gasteiger partial charge in [-0.2, -0.15) is 5.48 Å². The predicted octanol–water partition coefficient (Wildman–Crippen LogP) is 3.16. The van der Waals surface area contributed by atoms with Gasteiger partial charge in [-0.3, -0.25) is 0 Å². The lowest BCUT2D eigenvalue weighted by atomic mass is 10.1. The molecule has 2 rings (SSSR count). The minimum Gasteiger partial charge on any atom is -0.409 e. The third kappa shape index (κ3) is 4.40. The Morgan fingerprint density at radius 3 is 2.90 bits per heavy atom. The van der Waals surface area contributed by atoms with Crippen molar-refractivity contribution in [3.8, 4) is 5.75 Å². The number of halogens is 1. The van der Waals surface area contributed by atoms with Gasteiger partial charge >= 0.3 is 0 Å². The van der Waals surface area contributed by atoms with Crippen molar-refractivity contribution < 1.29 is 4.84 Å². The number of hydroxylamine groups is 1. The Bertz CT molecular complexity index is 513. The molecule has 0 spiro atoms. The molecule has 0 unspecified atom stereocenters. The lowest BCUT2D eigenvalue weighted by molar-refractivity contribution is 0.194. The van der Waals surface area contributed by atoms with Gasteiger partial charge in [0.1, 0.15) is 5.75 Å². The first kappa shape index (κ1) is 16.8. The highest BCUT2D eigenvalue weighted by molar-refractivity contribution is 5.85. The third-order valence-electron chi connectivity index (χ3n) is 3.22. The molecule has 0 bridgehead atoms. The molecule has 112 valence electrons. The van der Waals surface area contributed by atoms with Crippen LogP contribution in [0.4, 0.5) is 0 Å². The van der Waals surface area contributed by atoms with Crippen LogP contribution in [0.5, 0.6) is 5.75 Å². The second-order valence-corrected chi connectivity index (χ2v) is 4.76. The van der Waals surface area contributed by atoms with E-state index in [0.29, 0.717) is 6.54 Å². The summed E-state index contributed by atoms with van der Waals surface area (Å²) in [5.74, 6) is 0.849. The molecule has 0 aliphatic rings. The lowest BCUT2D eigenvalue weighted by Crippen LogP contribution is -2.19. The highest BCUT2D eigenvalue weighted by Gasteiger charge is 2.04. The largest absolute Gasteiger partial charge is 0.409 e. The van der Waals surface area contributed by atoms with E-state index in [1.165, 1.54) is 23.8 Å². The van der Waals surface area contributed by atoms with Crippen LogP contribution in [0.3, 0.4) is 0 Å². The number of fused-ring (bicyclic) bond motifs is 1. The van der Waals surface area contributed by atoms with Crippen LogP contribution < -0.4 is 16.1 Å². The first-order valence-corrected chi connectivity index (χ1v) is 7.05. The van der Waals surface area contributed by atoms with Crippen molar-refractivity contribution in [2.24, 2.45) is 5.73 Å². The van der Waals surface area contributed by atoms with E-state index in [9.17, 15) is 0 Å². The smallest absolute Gasteiger partial charge is 0.147 e. The second kappa shape index (κ2) is 8.84. The molecule has 4 N–H and O–H groups in total. The summed E-state index contributed by atoms with van der Waals surface area (Å²) in [7, 11) is 0. The Hall–Kier alpha value is -1.23. The van der Waals surface area contributed by atoms with Crippen LogP contribution in [0.15, 0.2) is 24.4 Å². The average Bonchev–Trinajstić information content (AvgIpc) is 2.82. The molecule has 1 aromatic heterocycles. The van der Waals surface area contributed by atoms with E-state index >= 15 is 0 Å². The van der Waals surface area contributed by atoms with E-state index in [1.54, 1.807) is 0 Å². The number of unbranched alkanes of at least 4 members (excludes halogenated alkanes) is 2. The second-order valence-electron chi connectivity index (χ2n) is 4.76. The minimum absolute atomic E-state index is 0. The fraction of sp³-hybridized carbons (Fsp3) is 0.467. The molecule has 0 fully saturated rings. The van der Waals surface area contributed by atoms with Gasteiger partial charge in [-0.1, -0.05) is 19.8 Å². The highest BCUT2D eigenvalue weighted by Crippen LogP contribution is 2.23. The van der Waals surface area contributed by atoms with Gasteiger partial charge in [-0.15, -0.1) is 12.4 Å². The van der Waals surface area contributed by atoms with Crippen LogP contribution >= 0.6 is 12.4 Å². The van der Waals surface area contributed by atoms with Gasteiger partial charge in [-0.05, 0) is 43.1 Å². The SMILES string of the molecule is CCCCCNOc1ccc2[nH]cc(CCN)c2c1.Cl. The fourth-order valence-corrected chi connectivity index (χ4v) is 2.16. The van der Waals surface area contributed by atoms with Gasteiger partial charge in [0.15, 0.2) is 0 Å². The van der Waals surface area contributed by atoms with E-state index < -0.39 is 0 Å². The summed E-state index contributed by atoms with van der Waals surface area (Å²) in [5, 5.41) is 1.19. The maximum absolute atomic E-state index is 5.62. The molecule has 0 atom stereocenters. The Balaban J connectivity index is 0.00000200.